The molecule has 2 rings (SSSR count). The van der Waals surface area contributed by atoms with E-state index in [1.807, 2.05) is 19.1 Å². The minimum atomic E-state index is -0.149. The van der Waals surface area contributed by atoms with E-state index in [1.165, 1.54) is 5.57 Å². The van der Waals surface area contributed by atoms with Crippen LogP contribution in [0.25, 0.3) is 0 Å². The molecule has 1 fully saturated rings. The Morgan fingerprint density at radius 2 is 1.88 bits per heavy atom. The molecular formula is C20H28N2O2. The summed E-state index contributed by atoms with van der Waals surface area (Å²) in [5, 5.41) is 5.82. The molecular weight excluding hydrogens is 300 g/mol. The topological polar surface area (TPSA) is 58.2 Å². The van der Waals surface area contributed by atoms with Gasteiger partial charge in [-0.3, -0.25) is 9.59 Å². The first-order valence-corrected chi connectivity index (χ1v) is 8.62. The largest absolute Gasteiger partial charge is 0.352 e. The molecule has 1 saturated carbocycles. The molecule has 1 aromatic rings. The number of hydrogen-bond donors (Lipinski definition) is 2. The molecule has 2 amide bonds. The molecule has 0 aliphatic heterocycles. The number of carbonyl (C=O) groups excluding carboxylic acids is 2. The second kappa shape index (κ2) is 7.20. The fourth-order valence-corrected chi connectivity index (χ4v) is 3.18. The third kappa shape index (κ3) is 3.86. The van der Waals surface area contributed by atoms with Crippen molar-refractivity contribution >= 4 is 17.5 Å². The summed E-state index contributed by atoms with van der Waals surface area (Å²) in [5.41, 5.74) is 2.27. The maximum Gasteiger partial charge on any atom is 0.253 e. The van der Waals surface area contributed by atoms with E-state index in [-0.39, 0.29) is 29.1 Å². The summed E-state index contributed by atoms with van der Waals surface area (Å²) in [6.07, 6.45) is 3.05. The van der Waals surface area contributed by atoms with Crippen LogP contribution in [0.4, 0.5) is 5.69 Å². The van der Waals surface area contributed by atoms with E-state index < -0.39 is 0 Å². The van der Waals surface area contributed by atoms with Crippen LogP contribution in [0.3, 0.4) is 0 Å². The summed E-state index contributed by atoms with van der Waals surface area (Å²) in [4.78, 5) is 25.0. The van der Waals surface area contributed by atoms with Crippen LogP contribution in [0.1, 0.15) is 51.4 Å². The minimum absolute atomic E-state index is 0.0155. The fourth-order valence-electron chi connectivity index (χ4n) is 3.18. The minimum Gasteiger partial charge on any atom is -0.352 e. The number of amides is 2. The summed E-state index contributed by atoms with van der Waals surface area (Å²) in [7, 11) is 0. The molecule has 1 aromatic carbocycles. The first kappa shape index (κ1) is 18.2. The second-order valence-electron chi connectivity index (χ2n) is 7.36. The van der Waals surface area contributed by atoms with Gasteiger partial charge in [0.15, 0.2) is 0 Å². The predicted octanol–water partition coefficient (Wildman–Crippen LogP) is 4.00. The normalized spacial score (nSPS) is 20.9. The Balaban J connectivity index is 2.13. The van der Waals surface area contributed by atoms with E-state index in [2.05, 4.69) is 44.4 Å². The first-order valence-electron chi connectivity index (χ1n) is 8.62. The highest BCUT2D eigenvalue weighted by molar-refractivity contribution is 6.05. The lowest BCUT2D eigenvalue weighted by atomic mass is 10.1. The Bertz CT molecular complexity index is 657. The van der Waals surface area contributed by atoms with Crippen molar-refractivity contribution in [1.29, 1.82) is 0 Å². The van der Waals surface area contributed by atoms with Gasteiger partial charge in [-0.2, -0.15) is 0 Å². The summed E-state index contributed by atoms with van der Waals surface area (Å²) < 4.78 is 0. The maximum atomic E-state index is 12.7. The molecule has 130 valence electrons. The Kier molecular flexibility index (Phi) is 5.47. The number of anilines is 1. The lowest BCUT2D eigenvalue weighted by molar-refractivity contribution is -0.118. The van der Waals surface area contributed by atoms with Gasteiger partial charge in [-0.05, 0) is 43.7 Å². The maximum absolute atomic E-state index is 12.7. The van der Waals surface area contributed by atoms with Crippen LogP contribution in [0.2, 0.25) is 0 Å². The fraction of sp³-hybridized carbons (Fsp3) is 0.500. The van der Waals surface area contributed by atoms with E-state index in [1.54, 1.807) is 12.1 Å². The van der Waals surface area contributed by atoms with Crippen molar-refractivity contribution in [2.75, 3.05) is 11.9 Å². The van der Waals surface area contributed by atoms with Crippen molar-refractivity contribution in [2.45, 2.75) is 41.0 Å². The highest BCUT2D eigenvalue weighted by Gasteiger charge is 2.60. The lowest BCUT2D eigenvalue weighted by Gasteiger charge is -2.11. The van der Waals surface area contributed by atoms with Gasteiger partial charge in [-0.25, -0.2) is 0 Å². The van der Waals surface area contributed by atoms with Gasteiger partial charge in [0.2, 0.25) is 5.91 Å². The molecule has 24 heavy (non-hydrogen) atoms. The average Bonchev–Trinajstić information content (AvgIpc) is 3.05. The summed E-state index contributed by atoms with van der Waals surface area (Å²) in [6.45, 7) is 11.0. The van der Waals surface area contributed by atoms with Gasteiger partial charge < -0.3 is 10.6 Å². The lowest BCUT2D eigenvalue weighted by Crippen LogP contribution is -2.26. The predicted molar refractivity (Wildman–Crippen MR) is 97.9 cm³/mol. The molecule has 1 aliphatic carbocycles. The van der Waals surface area contributed by atoms with Gasteiger partial charge in [-0.1, -0.05) is 44.6 Å². The number of benzene rings is 1. The second-order valence-corrected chi connectivity index (χ2v) is 7.36. The Morgan fingerprint density at radius 1 is 1.21 bits per heavy atom. The van der Waals surface area contributed by atoms with Crippen molar-refractivity contribution in [1.82, 2.24) is 5.32 Å². The van der Waals surface area contributed by atoms with Gasteiger partial charge in [0.05, 0.1) is 17.2 Å². The zero-order chi connectivity index (χ0) is 17.9. The van der Waals surface area contributed by atoms with Crippen molar-refractivity contribution in [3.05, 3.63) is 41.5 Å². The molecule has 2 N–H and O–H groups in total. The van der Waals surface area contributed by atoms with Gasteiger partial charge >= 0.3 is 0 Å². The monoisotopic (exact) mass is 328 g/mol. The zero-order valence-corrected chi connectivity index (χ0v) is 15.3. The number of hydrogen-bond acceptors (Lipinski definition) is 2. The molecule has 0 radical (unpaired) electrons. The first-order chi connectivity index (χ1) is 11.3. The summed E-state index contributed by atoms with van der Waals surface area (Å²) >= 11 is 0. The molecule has 0 heterocycles. The molecule has 4 nitrogen and oxygen atoms in total. The highest BCUT2D eigenvalue weighted by atomic mass is 16.2. The van der Waals surface area contributed by atoms with E-state index in [0.717, 1.165) is 6.42 Å². The SMILES string of the molecule is CCCNC(=O)c1ccccc1NC(=O)C1C(C=C(C)C)C1(C)C. The molecule has 2 atom stereocenters. The molecule has 0 bridgehead atoms. The van der Waals surface area contributed by atoms with Crippen LogP contribution in [-0.2, 0) is 4.79 Å². The third-order valence-electron chi connectivity index (χ3n) is 4.67. The van der Waals surface area contributed by atoms with Crippen LogP contribution in [0.15, 0.2) is 35.9 Å². The number of nitrogens with one attached hydrogen (secondary N) is 2. The average molecular weight is 328 g/mol. The van der Waals surface area contributed by atoms with Gasteiger partial charge in [-0.15, -0.1) is 0 Å². The van der Waals surface area contributed by atoms with E-state index >= 15 is 0 Å². The van der Waals surface area contributed by atoms with E-state index in [9.17, 15) is 9.59 Å². The standard InChI is InChI=1S/C20H28N2O2/c1-6-11-21-18(23)14-9-7-8-10-16(14)22-19(24)17-15(12-13(2)3)20(17,4)5/h7-10,12,15,17H,6,11H2,1-5H3,(H,21,23)(H,22,24). The highest BCUT2D eigenvalue weighted by Crippen LogP contribution is 2.59. The molecule has 0 saturated heterocycles. The van der Waals surface area contributed by atoms with Crippen LogP contribution in [0, 0.1) is 17.3 Å². The van der Waals surface area contributed by atoms with Gasteiger partial charge in [0.25, 0.3) is 5.91 Å². The number of carbonyl (C=O) groups is 2. The molecule has 2 unspecified atom stereocenters. The summed E-state index contributed by atoms with van der Waals surface area (Å²) in [5.74, 6) is 0.0321. The summed E-state index contributed by atoms with van der Waals surface area (Å²) in [6, 6.07) is 7.16. The van der Waals surface area contributed by atoms with Crippen molar-refractivity contribution in [2.24, 2.45) is 17.3 Å². The van der Waals surface area contributed by atoms with E-state index in [0.29, 0.717) is 17.8 Å². The molecule has 4 heteroatoms. The molecule has 0 spiro atoms. The zero-order valence-electron chi connectivity index (χ0n) is 15.3. The van der Waals surface area contributed by atoms with Crippen molar-refractivity contribution in [3.8, 4) is 0 Å². The smallest absolute Gasteiger partial charge is 0.253 e. The van der Waals surface area contributed by atoms with Gasteiger partial charge in [0, 0.05) is 6.54 Å². The third-order valence-corrected chi connectivity index (χ3v) is 4.67. The van der Waals surface area contributed by atoms with Crippen LogP contribution < -0.4 is 10.6 Å². The van der Waals surface area contributed by atoms with Gasteiger partial charge in [0.1, 0.15) is 0 Å². The van der Waals surface area contributed by atoms with Crippen molar-refractivity contribution < 1.29 is 9.59 Å². The number of rotatable bonds is 6. The quantitative estimate of drug-likeness (QED) is 0.775. The Morgan fingerprint density at radius 3 is 2.50 bits per heavy atom. The number of allylic oxidation sites excluding steroid dienone is 2. The Hall–Kier alpha value is -2.10. The Labute approximate surface area is 144 Å². The molecule has 1 aliphatic rings. The molecule has 0 aromatic heterocycles. The number of para-hydroxylation sites is 1. The van der Waals surface area contributed by atoms with Crippen LogP contribution in [0.5, 0.6) is 0 Å². The van der Waals surface area contributed by atoms with Crippen LogP contribution in [-0.4, -0.2) is 18.4 Å². The van der Waals surface area contributed by atoms with Crippen molar-refractivity contribution in [3.63, 3.8) is 0 Å². The van der Waals surface area contributed by atoms with Crippen LogP contribution >= 0.6 is 0 Å². The van der Waals surface area contributed by atoms with E-state index in [4.69, 9.17) is 0 Å².